The molecule has 0 aliphatic heterocycles. The van der Waals surface area contributed by atoms with Crippen LogP contribution in [0.15, 0.2) is 40.8 Å². The molecule has 0 saturated heterocycles. The van der Waals surface area contributed by atoms with Crippen molar-refractivity contribution in [2.75, 3.05) is 11.9 Å². The highest BCUT2D eigenvalue weighted by atomic mass is 35.5. The summed E-state index contributed by atoms with van der Waals surface area (Å²) >= 11 is 6.25. The number of benzene rings is 2. The zero-order valence-electron chi connectivity index (χ0n) is 17.5. The lowest BCUT2D eigenvalue weighted by Gasteiger charge is -2.19. The van der Waals surface area contributed by atoms with Gasteiger partial charge in [0.05, 0.1) is 10.7 Å². The molecule has 1 aliphatic carbocycles. The first-order valence-corrected chi connectivity index (χ1v) is 10.1. The van der Waals surface area contributed by atoms with Crippen LogP contribution >= 0.6 is 11.6 Å². The van der Waals surface area contributed by atoms with Gasteiger partial charge in [0, 0.05) is 27.8 Å². The molecule has 0 fully saturated rings. The summed E-state index contributed by atoms with van der Waals surface area (Å²) in [6.07, 6.45) is 0. The van der Waals surface area contributed by atoms with Gasteiger partial charge in [0.15, 0.2) is 18.2 Å². The zero-order chi connectivity index (χ0) is 23.2. The number of halogens is 1. The van der Waals surface area contributed by atoms with E-state index in [0.717, 1.165) is 0 Å². The van der Waals surface area contributed by atoms with Gasteiger partial charge in [-0.05, 0) is 32.9 Å². The number of esters is 1. The van der Waals surface area contributed by atoms with Crippen molar-refractivity contribution in [1.29, 1.82) is 0 Å². The van der Waals surface area contributed by atoms with Crippen LogP contribution in [0.5, 0.6) is 0 Å². The van der Waals surface area contributed by atoms with Crippen LogP contribution in [0.4, 0.5) is 5.69 Å². The third-order valence-corrected chi connectivity index (χ3v) is 5.70. The van der Waals surface area contributed by atoms with Gasteiger partial charge in [-0.1, -0.05) is 35.9 Å². The van der Waals surface area contributed by atoms with E-state index in [-0.39, 0.29) is 39.0 Å². The van der Waals surface area contributed by atoms with Crippen molar-refractivity contribution < 1.29 is 28.3 Å². The number of furan rings is 1. The largest absolute Gasteiger partial charge is 0.465 e. The van der Waals surface area contributed by atoms with Gasteiger partial charge in [-0.25, -0.2) is 4.79 Å². The van der Waals surface area contributed by atoms with Crippen LogP contribution in [0.1, 0.15) is 59.3 Å². The molecule has 7 nitrogen and oxygen atoms in total. The number of ether oxygens (including phenoxy) is 1. The molecule has 1 N–H and O–H groups in total. The van der Waals surface area contributed by atoms with Crippen LogP contribution in [0.3, 0.4) is 0 Å². The number of hydrogen-bond acceptors (Lipinski definition) is 6. The van der Waals surface area contributed by atoms with Crippen LogP contribution in [0.2, 0.25) is 5.02 Å². The van der Waals surface area contributed by atoms with Crippen LogP contribution in [-0.2, 0) is 9.53 Å². The quantitative estimate of drug-likeness (QED) is 0.460. The topological polar surface area (TPSA) is 103 Å². The highest BCUT2D eigenvalue weighted by Crippen LogP contribution is 2.33. The minimum Gasteiger partial charge on any atom is -0.465 e. The van der Waals surface area contributed by atoms with Crippen LogP contribution in [-0.4, -0.2) is 30.0 Å². The molecule has 162 valence electrons. The Bertz CT molecular complexity index is 1320. The number of hydrogen-bond donors (Lipinski definition) is 1. The van der Waals surface area contributed by atoms with Crippen molar-refractivity contribution >= 4 is 40.7 Å². The molecule has 0 bridgehead atoms. The van der Waals surface area contributed by atoms with Gasteiger partial charge in [-0.2, -0.15) is 0 Å². The molecule has 0 atom stereocenters. The third kappa shape index (κ3) is 3.61. The molecule has 1 aliphatic rings. The molecule has 1 amide bonds. The summed E-state index contributed by atoms with van der Waals surface area (Å²) in [6.45, 7) is 4.53. The lowest BCUT2D eigenvalue weighted by Crippen LogP contribution is -2.23. The van der Waals surface area contributed by atoms with Crippen molar-refractivity contribution in [2.24, 2.45) is 0 Å². The number of carbonyl (C=O) groups is 4. The zero-order valence-corrected chi connectivity index (χ0v) is 18.3. The summed E-state index contributed by atoms with van der Waals surface area (Å²) in [7, 11) is 0. The van der Waals surface area contributed by atoms with E-state index in [1.54, 1.807) is 45.0 Å². The summed E-state index contributed by atoms with van der Waals surface area (Å²) in [6, 6.07) is 9.23. The van der Waals surface area contributed by atoms with Gasteiger partial charge in [0.25, 0.3) is 5.91 Å². The Morgan fingerprint density at radius 1 is 0.938 bits per heavy atom. The smallest absolute Gasteiger partial charge is 0.342 e. The van der Waals surface area contributed by atoms with Crippen molar-refractivity contribution in [2.45, 2.75) is 20.8 Å². The molecule has 0 spiro atoms. The standard InChI is InChI=1S/C24H18ClNO6/c1-11-12(2)32-13(3)21(11)24(30)31-10-20(27)26-19-9-17-16(8-18(19)25)22(28)14-6-4-5-7-15(14)23(17)29/h4-9H,10H2,1-3H3,(H,26,27). The van der Waals surface area contributed by atoms with Gasteiger partial charge in [-0.15, -0.1) is 0 Å². The summed E-state index contributed by atoms with van der Waals surface area (Å²) < 4.78 is 10.5. The highest BCUT2D eigenvalue weighted by molar-refractivity contribution is 6.36. The monoisotopic (exact) mass is 451 g/mol. The second-order valence-electron chi connectivity index (χ2n) is 7.42. The van der Waals surface area contributed by atoms with E-state index in [2.05, 4.69) is 5.32 Å². The Hall–Kier alpha value is -3.71. The number of aryl methyl sites for hydroxylation is 2. The van der Waals surface area contributed by atoms with E-state index >= 15 is 0 Å². The van der Waals surface area contributed by atoms with E-state index in [1.165, 1.54) is 12.1 Å². The Balaban J connectivity index is 1.52. The molecule has 3 aromatic rings. The first-order valence-electron chi connectivity index (χ1n) is 9.74. The number of amides is 1. The first-order chi connectivity index (χ1) is 15.2. The fourth-order valence-electron chi connectivity index (χ4n) is 3.70. The average molecular weight is 452 g/mol. The lowest BCUT2D eigenvalue weighted by molar-refractivity contribution is -0.119. The van der Waals surface area contributed by atoms with E-state index in [1.807, 2.05) is 0 Å². The van der Waals surface area contributed by atoms with Gasteiger partial charge >= 0.3 is 5.97 Å². The SMILES string of the molecule is Cc1oc(C)c(C(=O)OCC(=O)Nc2cc3c(cc2Cl)C(=O)c2ccccc2C3=O)c1C. The van der Waals surface area contributed by atoms with Crippen LogP contribution < -0.4 is 5.32 Å². The number of rotatable bonds is 4. The Morgan fingerprint density at radius 3 is 2.09 bits per heavy atom. The highest BCUT2D eigenvalue weighted by Gasteiger charge is 2.30. The molecule has 1 aromatic heterocycles. The minimum absolute atomic E-state index is 0.0844. The maximum atomic E-state index is 12.9. The van der Waals surface area contributed by atoms with E-state index in [9.17, 15) is 19.2 Å². The molecule has 0 saturated carbocycles. The maximum Gasteiger partial charge on any atom is 0.342 e. The number of anilines is 1. The van der Waals surface area contributed by atoms with Crippen LogP contribution in [0.25, 0.3) is 0 Å². The Kier molecular flexibility index (Phi) is 5.44. The summed E-state index contributed by atoms with van der Waals surface area (Å²) in [4.78, 5) is 50.3. The van der Waals surface area contributed by atoms with Gasteiger partial charge < -0.3 is 14.5 Å². The molecular weight excluding hydrogens is 434 g/mol. The van der Waals surface area contributed by atoms with Crippen molar-refractivity contribution in [3.63, 3.8) is 0 Å². The fourth-order valence-corrected chi connectivity index (χ4v) is 3.91. The fraction of sp³-hybridized carbons (Fsp3) is 0.167. The molecule has 32 heavy (non-hydrogen) atoms. The molecule has 1 heterocycles. The van der Waals surface area contributed by atoms with Crippen molar-refractivity contribution in [3.8, 4) is 0 Å². The van der Waals surface area contributed by atoms with Gasteiger partial charge in [0.2, 0.25) is 0 Å². The predicted octanol–water partition coefficient (Wildman–Crippen LogP) is 4.43. The number of nitrogens with one attached hydrogen (secondary N) is 1. The molecule has 0 unspecified atom stereocenters. The number of carbonyl (C=O) groups excluding carboxylic acids is 4. The molecule has 8 heteroatoms. The van der Waals surface area contributed by atoms with E-state index in [4.69, 9.17) is 20.8 Å². The normalized spacial score (nSPS) is 12.2. The molecular formula is C24H18ClNO6. The van der Waals surface area contributed by atoms with Gasteiger partial charge in [-0.3, -0.25) is 14.4 Å². The van der Waals surface area contributed by atoms with Crippen molar-refractivity contribution in [3.05, 3.63) is 86.3 Å². The minimum atomic E-state index is -0.680. The van der Waals surface area contributed by atoms with Crippen LogP contribution in [0, 0.1) is 20.8 Å². The molecule has 0 radical (unpaired) electrons. The second kappa shape index (κ2) is 8.09. The van der Waals surface area contributed by atoms with Gasteiger partial charge in [0.1, 0.15) is 17.1 Å². The first kappa shape index (κ1) is 21.5. The second-order valence-corrected chi connectivity index (χ2v) is 7.83. The summed E-state index contributed by atoms with van der Waals surface area (Å²) in [5.41, 5.74) is 1.98. The molecule has 4 rings (SSSR count). The third-order valence-electron chi connectivity index (χ3n) is 5.39. The summed E-state index contributed by atoms with van der Waals surface area (Å²) in [5, 5.41) is 2.61. The van der Waals surface area contributed by atoms with E-state index < -0.39 is 18.5 Å². The Labute approximate surface area is 188 Å². The van der Waals surface area contributed by atoms with E-state index in [0.29, 0.717) is 28.2 Å². The number of fused-ring (bicyclic) bond motifs is 2. The number of ketones is 2. The average Bonchev–Trinajstić information content (AvgIpc) is 3.02. The molecule has 2 aromatic carbocycles. The summed E-state index contributed by atoms with van der Waals surface area (Å²) in [5.74, 6) is -0.973. The predicted molar refractivity (Wildman–Crippen MR) is 117 cm³/mol. The van der Waals surface area contributed by atoms with Crippen molar-refractivity contribution in [1.82, 2.24) is 0 Å². The lowest BCUT2D eigenvalue weighted by atomic mass is 9.84. The maximum absolute atomic E-state index is 12.9. The Morgan fingerprint density at radius 2 is 1.53 bits per heavy atom.